The number of halogens is 1. The van der Waals surface area contributed by atoms with E-state index in [-0.39, 0.29) is 11.9 Å². The summed E-state index contributed by atoms with van der Waals surface area (Å²) in [6.07, 6.45) is 6.10. The molecule has 1 N–H and O–H groups in total. The summed E-state index contributed by atoms with van der Waals surface area (Å²) in [5.41, 5.74) is 0.558. The first kappa shape index (κ1) is 13.3. The molecule has 0 saturated heterocycles. The third-order valence-corrected chi connectivity index (χ3v) is 3.09. The van der Waals surface area contributed by atoms with Gasteiger partial charge in [0.05, 0.1) is 11.8 Å². The Morgan fingerprint density at radius 1 is 1.56 bits per heavy atom. The van der Waals surface area contributed by atoms with Gasteiger partial charge in [0.2, 0.25) is 0 Å². The van der Waals surface area contributed by atoms with E-state index < -0.39 is 0 Å². The Balaban J connectivity index is 2.37. The molecule has 4 heteroatoms. The van der Waals surface area contributed by atoms with Crippen LogP contribution in [0, 0.1) is 0 Å². The second kappa shape index (κ2) is 6.74. The Bertz CT molecular complexity index is 336. The molecular weight excluding hydrogens is 270 g/mol. The fourth-order valence-corrected chi connectivity index (χ4v) is 1.95. The van der Waals surface area contributed by atoms with Crippen LogP contribution in [0.3, 0.4) is 0 Å². The van der Waals surface area contributed by atoms with Crippen molar-refractivity contribution in [3.63, 3.8) is 0 Å². The molecular formula is C12H18BrNO2. The predicted molar refractivity (Wildman–Crippen MR) is 67.5 cm³/mol. The molecule has 0 fully saturated rings. The quantitative estimate of drug-likeness (QED) is 0.810. The van der Waals surface area contributed by atoms with Gasteiger partial charge in [0.25, 0.3) is 5.91 Å². The van der Waals surface area contributed by atoms with Crippen LogP contribution in [-0.4, -0.2) is 11.9 Å². The number of carbonyl (C=O) groups is 1. The van der Waals surface area contributed by atoms with Gasteiger partial charge in [-0.3, -0.25) is 4.79 Å². The molecule has 1 atom stereocenters. The topological polar surface area (TPSA) is 42.2 Å². The summed E-state index contributed by atoms with van der Waals surface area (Å²) in [7, 11) is 0. The van der Waals surface area contributed by atoms with Crippen molar-refractivity contribution < 1.29 is 9.21 Å². The van der Waals surface area contributed by atoms with E-state index in [1.54, 1.807) is 6.07 Å². The van der Waals surface area contributed by atoms with Gasteiger partial charge in [-0.25, -0.2) is 0 Å². The zero-order valence-electron chi connectivity index (χ0n) is 9.75. The average Bonchev–Trinajstić information content (AvgIpc) is 2.65. The maximum atomic E-state index is 11.8. The van der Waals surface area contributed by atoms with Gasteiger partial charge in [-0.05, 0) is 35.3 Å². The third-order valence-electron chi connectivity index (χ3n) is 2.48. The third kappa shape index (κ3) is 4.00. The van der Waals surface area contributed by atoms with Gasteiger partial charge in [-0.15, -0.1) is 0 Å². The smallest absolute Gasteiger partial charge is 0.255 e. The summed E-state index contributed by atoms with van der Waals surface area (Å²) in [6.45, 7) is 4.20. The number of nitrogens with one attached hydrogen (secondary N) is 1. The number of rotatable bonds is 6. The maximum absolute atomic E-state index is 11.8. The zero-order chi connectivity index (χ0) is 12.0. The molecule has 1 amide bonds. The van der Waals surface area contributed by atoms with Crippen LogP contribution in [0.15, 0.2) is 21.4 Å². The van der Waals surface area contributed by atoms with Crippen molar-refractivity contribution in [1.82, 2.24) is 5.32 Å². The lowest BCUT2D eigenvalue weighted by molar-refractivity contribution is 0.0936. The lowest BCUT2D eigenvalue weighted by Crippen LogP contribution is -2.32. The summed E-state index contributed by atoms with van der Waals surface area (Å²) < 4.78 is 5.51. The summed E-state index contributed by atoms with van der Waals surface area (Å²) in [5.74, 6) is -0.0791. The van der Waals surface area contributed by atoms with Gasteiger partial charge in [-0.1, -0.05) is 26.2 Å². The first-order chi connectivity index (χ1) is 7.65. The molecule has 1 aromatic rings. The molecule has 1 heterocycles. The van der Waals surface area contributed by atoms with Crippen LogP contribution < -0.4 is 5.32 Å². The number of furan rings is 1. The van der Waals surface area contributed by atoms with E-state index in [1.165, 1.54) is 19.1 Å². The highest BCUT2D eigenvalue weighted by Gasteiger charge is 2.14. The molecule has 0 radical (unpaired) electrons. The van der Waals surface area contributed by atoms with Crippen LogP contribution in [0.5, 0.6) is 0 Å². The highest BCUT2D eigenvalue weighted by atomic mass is 79.9. The lowest BCUT2D eigenvalue weighted by Gasteiger charge is -2.12. The number of amides is 1. The van der Waals surface area contributed by atoms with Crippen molar-refractivity contribution in [3.8, 4) is 0 Å². The van der Waals surface area contributed by atoms with Crippen molar-refractivity contribution >= 4 is 21.8 Å². The number of hydrogen-bond donors (Lipinski definition) is 1. The second-order valence-electron chi connectivity index (χ2n) is 3.98. The Hall–Kier alpha value is -0.770. The van der Waals surface area contributed by atoms with Crippen molar-refractivity contribution in [1.29, 1.82) is 0 Å². The average molecular weight is 288 g/mol. The van der Waals surface area contributed by atoms with E-state index in [0.29, 0.717) is 10.2 Å². The SMILES string of the molecule is CCCCCC(C)NC(=O)c1ccoc1Br. The van der Waals surface area contributed by atoms with E-state index in [4.69, 9.17) is 4.42 Å². The van der Waals surface area contributed by atoms with E-state index in [0.717, 1.165) is 12.8 Å². The molecule has 90 valence electrons. The molecule has 0 saturated carbocycles. The standard InChI is InChI=1S/C12H18BrNO2/c1-3-4-5-6-9(2)14-12(15)10-7-8-16-11(10)13/h7-9H,3-6H2,1-2H3,(H,14,15). The molecule has 1 unspecified atom stereocenters. The fourth-order valence-electron chi connectivity index (χ4n) is 1.53. The van der Waals surface area contributed by atoms with E-state index in [1.807, 2.05) is 6.92 Å². The maximum Gasteiger partial charge on any atom is 0.255 e. The molecule has 0 aromatic carbocycles. The Morgan fingerprint density at radius 2 is 2.31 bits per heavy atom. The number of unbranched alkanes of at least 4 members (excludes halogenated alkanes) is 2. The molecule has 0 aliphatic carbocycles. The molecule has 0 aliphatic heterocycles. The van der Waals surface area contributed by atoms with Gasteiger partial charge in [0, 0.05) is 6.04 Å². The number of hydrogen-bond acceptors (Lipinski definition) is 2. The minimum absolute atomic E-state index is 0.0791. The normalized spacial score (nSPS) is 12.4. The predicted octanol–water partition coefficient (Wildman–Crippen LogP) is 3.74. The van der Waals surface area contributed by atoms with E-state index >= 15 is 0 Å². The van der Waals surface area contributed by atoms with Crippen LogP contribution in [-0.2, 0) is 0 Å². The second-order valence-corrected chi connectivity index (χ2v) is 4.70. The molecule has 0 bridgehead atoms. The fraction of sp³-hybridized carbons (Fsp3) is 0.583. The van der Waals surface area contributed by atoms with Crippen molar-refractivity contribution in [2.45, 2.75) is 45.6 Å². The monoisotopic (exact) mass is 287 g/mol. The van der Waals surface area contributed by atoms with Crippen molar-refractivity contribution in [2.75, 3.05) is 0 Å². The minimum atomic E-state index is -0.0791. The molecule has 0 spiro atoms. The molecule has 1 aromatic heterocycles. The van der Waals surface area contributed by atoms with Gasteiger partial charge in [-0.2, -0.15) is 0 Å². The Morgan fingerprint density at radius 3 is 2.88 bits per heavy atom. The molecule has 16 heavy (non-hydrogen) atoms. The molecule has 0 aliphatic rings. The van der Waals surface area contributed by atoms with Gasteiger partial charge in [0.15, 0.2) is 4.67 Å². The lowest BCUT2D eigenvalue weighted by atomic mass is 10.1. The van der Waals surface area contributed by atoms with Gasteiger partial charge in [0.1, 0.15) is 0 Å². The van der Waals surface area contributed by atoms with E-state index in [9.17, 15) is 4.79 Å². The molecule has 3 nitrogen and oxygen atoms in total. The summed E-state index contributed by atoms with van der Waals surface area (Å²) in [4.78, 5) is 11.8. The number of carbonyl (C=O) groups excluding carboxylic acids is 1. The van der Waals surface area contributed by atoms with Crippen molar-refractivity contribution in [2.24, 2.45) is 0 Å². The van der Waals surface area contributed by atoms with Gasteiger partial charge < -0.3 is 9.73 Å². The van der Waals surface area contributed by atoms with E-state index in [2.05, 4.69) is 28.2 Å². The largest absolute Gasteiger partial charge is 0.457 e. The summed E-state index contributed by atoms with van der Waals surface area (Å²) in [5, 5.41) is 2.95. The van der Waals surface area contributed by atoms with Crippen molar-refractivity contribution in [3.05, 3.63) is 22.6 Å². The Kier molecular flexibility index (Phi) is 5.60. The minimum Gasteiger partial charge on any atom is -0.457 e. The van der Waals surface area contributed by atoms with Crippen LogP contribution in [0.2, 0.25) is 0 Å². The van der Waals surface area contributed by atoms with Crippen LogP contribution in [0.1, 0.15) is 49.9 Å². The van der Waals surface area contributed by atoms with Crippen LogP contribution in [0.4, 0.5) is 0 Å². The highest BCUT2D eigenvalue weighted by molar-refractivity contribution is 9.10. The summed E-state index contributed by atoms with van der Waals surface area (Å²) >= 11 is 3.19. The first-order valence-corrected chi connectivity index (χ1v) is 6.48. The van der Waals surface area contributed by atoms with Crippen LogP contribution in [0.25, 0.3) is 0 Å². The highest BCUT2D eigenvalue weighted by Crippen LogP contribution is 2.17. The van der Waals surface area contributed by atoms with Crippen LogP contribution >= 0.6 is 15.9 Å². The Labute approximate surface area is 105 Å². The first-order valence-electron chi connectivity index (χ1n) is 5.69. The molecule has 1 rings (SSSR count). The summed E-state index contributed by atoms with van der Waals surface area (Å²) in [6, 6.07) is 1.87. The zero-order valence-corrected chi connectivity index (χ0v) is 11.3. The van der Waals surface area contributed by atoms with Gasteiger partial charge >= 0.3 is 0 Å².